The summed E-state index contributed by atoms with van der Waals surface area (Å²) in [5.74, 6) is 0.331. The number of carbonyl (C=O) groups is 1. The number of aryl methyl sites for hydroxylation is 1. The summed E-state index contributed by atoms with van der Waals surface area (Å²) >= 11 is 6.01. The van der Waals surface area contributed by atoms with Gasteiger partial charge in [0.2, 0.25) is 5.91 Å². The van der Waals surface area contributed by atoms with Crippen molar-refractivity contribution in [1.82, 2.24) is 5.32 Å². The lowest BCUT2D eigenvalue weighted by atomic mass is 10.1. The van der Waals surface area contributed by atoms with Crippen molar-refractivity contribution >= 4 is 33.2 Å². The second kappa shape index (κ2) is 10.8. The first kappa shape index (κ1) is 25.4. The Bertz CT molecular complexity index is 1260. The first-order valence-corrected chi connectivity index (χ1v) is 12.3. The largest absolute Gasteiger partial charge is 0.496 e. The number of methoxy groups -OCH3 is 2. The summed E-state index contributed by atoms with van der Waals surface area (Å²) in [4.78, 5) is 13.0. The summed E-state index contributed by atoms with van der Waals surface area (Å²) in [5.41, 5.74) is 1.82. The van der Waals surface area contributed by atoms with E-state index in [0.717, 1.165) is 15.4 Å². The number of rotatable bonds is 9. The Morgan fingerprint density at radius 1 is 1.00 bits per heavy atom. The summed E-state index contributed by atoms with van der Waals surface area (Å²) in [5, 5.41) is 3.31. The quantitative estimate of drug-likeness (QED) is 0.457. The van der Waals surface area contributed by atoms with Crippen LogP contribution in [0.1, 0.15) is 24.1 Å². The molecule has 0 radical (unpaired) electrons. The van der Waals surface area contributed by atoms with Crippen molar-refractivity contribution < 1.29 is 22.7 Å². The predicted octanol–water partition coefficient (Wildman–Crippen LogP) is 4.74. The molecule has 1 atom stereocenters. The molecule has 3 aromatic carbocycles. The van der Waals surface area contributed by atoms with Gasteiger partial charge in [-0.05, 0) is 61.9 Å². The van der Waals surface area contributed by atoms with E-state index in [2.05, 4.69) is 5.32 Å². The summed E-state index contributed by atoms with van der Waals surface area (Å²) in [7, 11) is -1.21. The second-order valence-electron chi connectivity index (χ2n) is 7.67. The summed E-state index contributed by atoms with van der Waals surface area (Å²) < 4.78 is 39.2. The number of sulfonamides is 1. The molecule has 0 aliphatic rings. The maximum atomic E-state index is 13.8. The van der Waals surface area contributed by atoms with E-state index < -0.39 is 28.5 Å². The Kier molecular flexibility index (Phi) is 8.06. The van der Waals surface area contributed by atoms with Crippen molar-refractivity contribution in [2.75, 3.05) is 25.1 Å². The first-order valence-electron chi connectivity index (χ1n) is 10.5. The van der Waals surface area contributed by atoms with Crippen LogP contribution in [0.25, 0.3) is 0 Å². The van der Waals surface area contributed by atoms with Crippen LogP contribution in [0.2, 0.25) is 5.02 Å². The molecule has 1 N–H and O–H groups in total. The van der Waals surface area contributed by atoms with Gasteiger partial charge in [0.15, 0.2) is 0 Å². The second-order valence-corrected chi connectivity index (χ2v) is 9.94. The molecular weight excluding hydrogens is 476 g/mol. The Morgan fingerprint density at radius 3 is 2.29 bits per heavy atom. The van der Waals surface area contributed by atoms with E-state index in [1.54, 1.807) is 63.4 Å². The third-order valence-corrected chi connectivity index (χ3v) is 7.32. The molecule has 0 saturated carbocycles. The number of amides is 1. The number of halogens is 1. The van der Waals surface area contributed by atoms with E-state index in [1.165, 1.54) is 13.2 Å². The first-order chi connectivity index (χ1) is 16.2. The minimum absolute atomic E-state index is 0.0319. The number of hydrogen-bond donors (Lipinski definition) is 1. The predicted molar refractivity (Wildman–Crippen MR) is 133 cm³/mol. The van der Waals surface area contributed by atoms with Gasteiger partial charge < -0.3 is 14.8 Å². The van der Waals surface area contributed by atoms with Gasteiger partial charge in [0.25, 0.3) is 10.0 Å². The average molecular weight is 503 g/mol. The zero-order chi connectivity index (χ0) is 24.9. The normalized spacial score (nSPS) is 12.0. The van der Waals surface area contributed by atoms with Crippen molar-refractivity contribution in [2.45, 2.75) is 24.8 Å². The number of nitrogens with one attached hydrogen (secondary N) is 1. The fourth-order valence-electron chi connectivity index (χ4n) is 3.55. The Morgan fingerprint density at radius 2 is 1.65 bits per heavy atom. The number of ether oxygens (including phenoxy) is 2. The van der Waals surface area contributed by atoms with E-state index in [1.807, 2.05) is 18.2 Å². The standard InChI is InChI=1S/C25H27ClN2O5S/c1-17-9-14-23(33-4)24(15-17)34(30,31)28(20-12-10-19(26)11-13-20)16-25(29)27-18(2)21-7-5-6-8-22(21)32-3/h5-15,18H,16H2,1-4H3,(H,27,29)/t18-/m0/s1. The molecule has 0 saturated heterocycles. The fraction of sp³-hybridized carbons (Fsp3) is 0.240. The van der Waals surface area contributed by atoms with Gasteiger partial charge in [-0.3, -0.25) is 9.10 Å². The smallest absolute Gasteiger partial charge is 0.268 e. The molecule has 0 aliphatic heterocycles. The number of hydrogen-bond acceptors (Lipinski definition) is 5. The van der Waals surface area contributed by atoms with Gasteiger partial charge in [-0.1, -0.05) is 35.9 Å². The van der Waals surface area contributed by atoms with Crippen molar-refractivity contribution in [1.29, 1.82) is 0 Å². The highest BCUT2D eigenvalue weighted by atomic mass is 35.5. The molecular formula is C25H27ClN2O5S. The van der Waals surface area contributed by atoms with Crippen molar-refractivity contribution in [3.63, 3.8) is 0 Å². The highest BCUT2D eigenvalue weighted by Crippen LogP contribution is 2.31. The van der Waals surface area contributed by atoms with Crippen molar-refractivity contribution in [2.24, 2.45) is 0 Å². The topological polar surface area (TPSA) is 84.9 Å². The summed E-state index contributed by atoms with van der Waals surface area (Å²) in [6.07, 6.45) is 0. The lowest BCUT2D eigenvalue weighted by Crippen LogP contribution is -2.41. The zero-order valence-electron chi connectivity index (χ0n) is 19.4. The van der Waals surface area contributed by atoms with Crippen molar-refractivity contribution in [3.05, 3.63) is 82.9 Å². The number of benzene rings is 3. The molecule has 34 heavy (non-hydrogen) atoms. The average Bonchev–Trinajstić information content (AvgIpc) is 2.83. The molecule has 0 aliphatic carbocycles. The Labute approximate surface area is 205 Å². The third-order valence-electron chi connectivity index (χ3n) is 5.27. The van der Waals surface area contributed by atoms with Crippen LogP contribution >= 0.6 is 11.6 Å². The molecule has 0 aromatic heterocycles. The van der Waals surface area contributed by atoms with E-state index in [9.17, 15) is 13.2 Å². The maximum absolute atomic E-state index is 13.8. The van der Waals surface area contributed by atoms with Crippen LogP contribution in [0.5, 0.6) is 11.5 Å². The van der Waals surface area contributed by atoms with Crippen LogP contribution in [0, 0.1) is 6.92 Å². The van der Waals surface area contributed by atoms with Crippen LogP contribution in [0.4, 0.5) is 5.69 Å². The van der Waals surface area contributed by atoms with Crippen LogP contribution in [-0.4, -0.2) is 35.1 Å². The highest BCUT2D eigenvalue weighted by Gasteiger charge is 2.30. The van der Waals surface area contributed by atoms with Crippen LogP contribution in [0.3, 0.4) is 0 Å². The van der Waals surface area contributed by atoms with E-state index in [0.29, 0.717) is 16.5 Å². The maximum Gasteiger partial charge on any atom is 0.268 e. The summed E-state index contributed by atoms with van der Waals surface area (Å²) in [6.45, 7) is 3.15. The Balaban J connectivity index is 1.97. The van der Waals surface area contributed by atoms with Crippen LogP contribution < -0.4 is 19.1 Å². The van der Waals surface area contributed by atoms with Crippen molar-refractivity contribution in [3.8, 4) is 11.5 Å². The molecule has 0 unspecified atom stereocenters. The Hall–Kier alpha value is -3.23. The molecule has 0 fully saturated rings. The monoisotopic (exact) mass is 502 g/mol. The molecule has 9 heteroatoms. The van der Waals surface area contributed by atoms with Gasteiger partial charge in [0, 0.05) is 10.6 Å². The number of anilines is 1. The molecule has 7 nitrogen and oxygen atoms in total. The lowest BCUT2D eigenvalue weighted by Gasteiger charge is -2.26. The minimum Gasteiger partial charge on any atom is -0.496 e. The third kappa shape index (κ3) is 5.63. The molecule has 3 rings (SSSR count). The number of nitrogens with zero attached hydrogens (tertiary/aromatic N) is 1. The lowest BCUT2D eigenvalue weighted by molar-refractivity contribution is -0.120. The number of carbonyl (C=O) groups excluding carboxylic acids is 1. The zero-order valence-corrected chi connectivity index (χ0v) is 21.0. The molecule has 180 valence electrons. The van der Waals surface area contributed by atoms with Crippen LogP contribution in [-0.2, 0) is 14.8 Å². The fourth-order valence-corrected chi connectivity index (χ4v) is 5.34. The van der Waals surface area contributed by atoms with Crippen LogP contribution in [0.15, 0.2) is 71.6 Å². The highest BCUT2D eigenvalue weighted by molar-refractivity contribution is 7.93. The van der Waals surface area contributed by atoms with Gasteiger partial charge >= 0.3 is 0 Å². The van der Waals surface area contributed by atoms with E-state index in [4.69, 9.17) is 21.1 Å². The van der Waals surface area contributed by atoms with Gasteiger partial charge in [0.05, 0.1) is 25.9 Å². The molecule has 0 spiro atoms. The SMILES string of the molecule is COc1ccccc1[C@H](C)NC(=O)CN(c1ccc(Cl)cc1)S(=O)(=O)c1cc(C)ccc1OC. The summed E-state index contributed by atoms with van der Waals surface area (Å²) in [6, 6.07) is 18.0. The molecule has 0 bridgehead atoms. The van der Waals surface area contributed by atoms with Gasteiger partial charge in [-0.25, -0.2) is 8.42 Å². The molecule has 1 amide bonds. The van der Waals surface area contributed by atoms with E-state index in [-0.39, 0.29) is 10.6 Å². The number of para-hydroxylation sites is 1. The molecule has 0 heterocycles. The van der Waals surface area contributed by atoms with Gasteiger partial charge in [-0.2, -0.15) is 0 Å². The van der Waals surface area contributed by atoms with Gasteiger partial charge in [0.1, 0.15) is 22.9 Å². The minimum atomic E-state index is -4.16. The van der Waals surface area contributed by atoms with E-state index >= 15 is 0 Å². The van der Waals surface area contributed by atoms with Gasteiger partial charge in [-0.15, -0.1) is 0 Å². The molecule has 3 aromatic rings.